The minimum atomic E-state index is 0.227. The third kappa shape index (κ3) is 3.99. The second kappa shape index (κ2) is 7.70. The number of para-hydroxylation sites is 3. The summed E-state index contributed by atoms with van der Waals surface area (Å²) in [6.07, 6.45) is 0.974. The molecule has 0 heterocycles. The molecule has 0 spiro atoms. The van der Waals surface area contributed by atoms with Crippen LogP contribution in [-0.2, 0) is 0 Å². The summed E-state index contributed by atoms with van der Waals surface area (Å²) < 4.78 is 11.8. The number of nitrogens with one attached hydrogen (secondary N) is 1. The monoisotopic (exact) mass is 285 g/mol. The van der Waals surface area contributed by atoms with E-state index < -0.39 is 0 Å². The fraction of sp³-hybridized carbons (Fsp3) is 0.333. The van der Waals surface area contributed by atoms with E-state index in [1.54, 1.807) is 0 Å². The summed E-state index contributed by atoms with van der Waals surface area (Å²) in [5, 5.41) is 3.25. The molecule has 2 aromatic carbocycles. The zero-order valence-corrected chi connectivity index (χ0v) is 12.9. The molecular formula is C18H23NO2. The Bertz CT molecular complexity index is 569. The number of rotatable bonds is 7. The number of ether oxygens (including phenoxy) is 2. The minimum Gasteiger partial charge on any atom is -0.490 e. The van der Waals surface area contributed by atoms with Gasteiger partial charge in [0.2, 0.25) is 0 Å². The van der Waals surface area contributed by atoms with Crippen LogP contribution < -0.4 is 14.8 Å². The van der Waals surface area contributed by atoms with E-state index >= 15 is 0 Å². The first-order chi connectivity index (χ1) is 10.3. The van der Waals surface area contributed by atoms with Gasteiger partial charge in [0.05, 0.1) is 6.61 Å². The molecule has 0 fully saturated rings. The summed E-state index contributed by atoms with van der Waals surface area (Å²) in [5.41, 5.74) is 1.13. The molecule has 1 N–H and O–H groups in total. The third-order valence-electron chi connectivity index (χ3n) is 3.35. The van der Waals surface area contributed by atoms with Crippen molar-refractivity contribution in [3.05, 3.63) is 54.1 Å². The molecule has 0 radical (unpaired) electrons. The largest absolute Gasteiger partial charge is 0.490 e. The molecular weight excluding hydrogens is 262 g/mol. The van der Waals surface area contributed by atoms with Gasteiger partial charge in [-0.15, -0.1) is 0 Å². The molecule has 1 unspecified atom stereocenters. The van der Waals surface area contributed by atoms with Gasteiger partial charge in [-0.2, -0.15) is 0 Å². The van der Waals surface area contributed by atoms with Crippen molar-refractivity contribution in [1.82, 2.24) is 5.32 Å². The Hall–Kier alpha value is -2.00. The second-order valence-corrected chi connectivity index (χ2v) is 4.95. The van der Waals surface area contributed by atoms with E-state index in [-0.39, 0.29) is 6.04 Å². The van der Waals surface area contributed by atoms with Crippen molar-refractivity contribution in [2.45, 2.75) is 26.3 Å². The van der Waals surface area contributed by atoms with E-state index in [4.69, 9.17) is 9.47 Å². The smallest absolute Gasteiger partial charge is 0.169 e. The SMILES string of the molecule is CCCOc1ccccc1Oc1ccccc1C(C)NC. The van der Waals surface area contributed by atoms with E-state index in [9.17, 15) is 0 Å². The van der Waals surface area contributed by atoms with Crippen LogP contribution in [0, 0.1) is 0 Å². The topological polar surface area (TPSA) is 30.5 Å². The molecule has 0 aliphatic rings. The molecule has 2 aromatic rings. The van der Waals surface area contributed by atoms with Crippen LogP contribution in [0.15, 0.2) is 48.5 Å². The zero-order valence-electron chi connectivity index (χ0n) is 12.9. The molecule has 0 aliphatic carbocycles. The van der Waals surface area contributed by atoms with E-state index in [0.29, 0.717) is 6.61 Å². The predicted molar refractivity (Wildman–Crippen MR) is 86.2 cm³/mol. The average molecular weight is 285 g/mol. The Morgan fingerprint density at radius 1 is 0.952 bits per heavy atom. The third-order valence-corrected chi connectivity index (χ3v) is 3.35. The second-order valence-electron chi connectivity index (χ2n) is 4.95. The summed E-state index contributed by atoms with van der Waals surface area (Å²) in [6, 6.07) is 16.1. The Kier molecular flexibility index (Phi) is 5.64. The summed E-state index contributed by atoms with van der Waals surface area (Å²) in [5.74, 6) is 2.39. The Morgan fingerprint density at radius 2 is 1.57 bits per heavy atom. The molecule has 3 heteroatoms. The van der Waals surface area contributed by atoms with Crippen LogP contribution in [0.2, 0.25) is 0 Å². The highest BCUT2D eigenvalue weighted by molar-refractivity contribution is 5.45. The maximum absolute atomic E-state index is 6.10. The molecule has 0 bridgehead atoms. The zero-order chi connectivity index (χ0) is 15.1. The van der Waals surface area contributed by atoms with Gasteiger partial charge in [0, 0.05) is 11.6 Å². The molecule has 3 nitrogen and oxygen atoms in total. The van der Waals surface area contributed by atoms with Crippen LogP contribution in [0.25, 0.3) is 0 Å². The molecule has 2 rings (SSSR count). The molecule has 0 saturated carbocycles. The van der Waals surface area contributed by atoms with Crippen molar-refractivity contribution in [3.63, 3.8) is 0 Å². The van der Waals surface area contributed by atoms with Crippen LogP contribution in [-0.4, -0.2) is 13.7 Å². The van der Waals surface area contributed by atoms with Crippen LogP contribution in [0.1, 0.15) is 31.9 Å². The highest BCUT2D eigenvalue weighted by atomic mass is 16.5. The highest BCUT2D eigenvalue weighted by Gasteiger charge is 2.12. The van der Waals surface area contributed by atoms with Crippen LogP contribution in [0.5, 0.6) is 17.2 Å². The van der Waals surface area contributed by atoms with Crippen LogP contribution in [0.4, 0.5) is 0 Å². The maximum Gasteiger partial charge on any atom is 0.169 e. The van der Waals surface area contributed by atoms with Crippen molar-refractivity contribution in [1.29, 1.82) is 0 Å². The predicted octanol–water partition coefficient (Wildman–Crippen LogP) is 4.55. The van der Waals surface area contributed by atoms with Crippen molar-refractivity contribution >= 4 is 0 Å². The average Bonchev–Trinajstić information content (AvgIpc) is 2.54. The first-order valence-corrected chi connectivity index (χ1v) is 7.42. The van der Waals surface area contributed by atoms with Gasteiger partial charge in [0.15, 0.2) is 11.5 Å². The summed E-state index contributed by atoms with van der Waals surface area (Å²) in [7, 11) is 1.94. The van der Waals surface area contributed by atoms with Gasteiger partial charge in [-0.3, -0.25) is 0 Å². The van der Waals surface area contributed by atoms with E-state index in [0.717, 1.165) is 29.2 Å². The first kappa shape index (κ1) is 15.4. The van der Waals surface area contributed by atoms with E-state index in [1.807, 2.05) is 49.5 Å². The molecule has 0 amide bonds. The lowest BCUT2D eigenvalue weighted by molar-refractivity contribution is 0.301. The molecule has 0 aromatic heterocycles. The lowest BCUT2D eigenvalue weighted by Gasteiger charge is -2.17. The van der Waals surface area contributed by atoms with Gasteiger partial charge in [0.25, 0.3) is 0 Å². The summed E-state index contributed by atoms with van der Waals surface area (Å²) in [6.45, 7) is 4.89. The summed E-state index contributed by atoms with van der Waals surface area (Å²) in [4.78, 5) is 0. The molecule has 0 aliphatic heterocycles. The van der Waals surface area contributed by atoms with Crippen molar-refractivity contribution in [3.8, 4) is 17.2 Å². The van der Waals surface area contributed by atoms with Gasteiger partial charge in [-0.05, 0) is 38.6 Å². The quantitative estimate of drug-likeness (QED) is 0.809. The van der Waals surface area contributed by atoms with Crippen molar-refractivity contribution in [2.75, 3.05) is 13.7 Å². The van der Waals surface area contributed by atoms with E-state index in [2.05, 4.69) is 25.2 Å². The van der Waals surface area contributed by atoms with Crippen molar-refractivity contribution < 1.29 is 9.47 Å². The van der Waals surface area contributed by atoms with E-state index in [1.165, 1.54) is 0 Å². The normalized spacial score (nSPS) is 12.0. The minimum absolute atomic E-state index is 0.227. The van der Waals surface area contributed by atoms with Crippen molar-refractivity contribution in [2.24, 2.45) is 0 Å². The van der Waals surface area contributed by atoms with Gasteiger partial charge in [-0.1, -0.05) is 37.3 Å². The fourth-order valence-electron chi connectivity index (χ4n) is 2.07. The standard InChI is InChI=1S/C18H23NO2/c1-4-13-20-17-11-7-8-12-18(17)21-16-10-6-5-9-15(16)14(2)19-3/h5-12,14,19H,4,13H2,1-3H3. The van der Waals surface area contributed by atoms with Gasteiger partial charge in [-0.25, -0.2) is 0 Å². The highest BCUT2D eigenvalue weighted by Crippen LogP contribution is 2.34. The summed E-state index contributed by atoms with van der Waals surface area (Å²) >= 11 is 0. The number of hydrogen-bond donors (Lipinski definition) is 1. The molecule has 1 atom stereocenters. The lowest BCUT2D eigenvalue weighted by atomic mass is 10.1. The van der Waals surface area contributed by atoms with Gasteiger partial charge in [0.1, 0.15) is 5.75 Å². The van der Waals surface area contributed by atoms with Gasteiger partial charge < -0.3 is 14.8 Å². The maximum atomic E-state index is 6.10. The number of hydrogen-bond acceptors (Lipinski definition) is 3. The molecule has 112 valence electrons. The van der Waals surface area contributed by atoms with Gasteiger partial charge >= 0.3 is 0 Å². The van der Waals surface area contributed by atoms with Crippen LogP contribution in [0.3, 0.4) is 0 Å². The Morgan fingerprint density at radius 3 is 2.24 bits per heavy atom. The Labute approximate surface area is 126 Å². The van der Waals surface area contributed by atoms with Crippen LogP contribution >= 0.6 is 0 Å². The first-order valence-electron chi connectivity index (χ1n) is 7.42. The fourth-order valence-corrected chi connectivity index (χ4v) is 2.07. The molecule has 0 saturated heterocycles. The number of benzene rings is 2. The lowest BCUT2D eigenvalue weighted by Crippen LogP contribution is -2.13. The Balaban J connectivity index is 2.26. The molecule has 21 heavy (non-hydrogen) atoms.